The van der Waals surface area contributed by atoms with Gasteiger partial charge in [-0.2, -0.15) is 0 Å². The first-order valence-electron chi connectivity index (χ1n) is 4.22. The highest BCUT2D eigenvalue weighted by Gasteiger charge is 2.09. The lowest BCUT2D eigenvalue weighted by Gasteiger charge is -2.08. The monoisotopic (exact) mass is 279 g/mol. The molecule has 0 aliphatic carbocycles. The first kappa shape index (κ1) is 11.9. The fourth-order valence-electron chi connectivity index (χ4n) is 0.920. The van der Waals surface area contributed by atoms with Gasteiger partial charge in [0.2, 0.25) is 0 Å². The number of aliphatic hydroxyl groups excluding tert-OH is 1. The van der Waals surface area contributed by atoms with Gasteiger partial charge in [-0.25, -0.2) is 9.37 Å². The smallest absolute Gasteiger partial charge is 0.156 e. The molecule has 78 valence electrons. The van der Waals surface area contributed by atoms with Gasteiger partial charge >= 0.3 is 0 Å². The largest absolute Gasteiger partial charge is 0.396 e. The average Bonchev–Trinajstić information content (AvgIpc) is 2.10. The van der Waals surface area contributed by atoms with Crippen LogP contribution in [0.15, 0.2) is 21.8 Å². The Kier molecular flexibility index (Phi) is 4.84. The van der Waals surface area contributed by atoms with E-state index in [4.69, 9.17) is 5.11 Å². The summed E-state index contributed by atoms with van der Waals surface area (Å²) < 4.78 is 13.9. The zero-order valence-corrected chi connectivity index (χ0v) is 10.1. The number of aliphatic hydroxyl groups is 1. The number of hydrogen-bond donors (Lipinski definition) is 1. The summed E-state index contributed by atoms with van der Waals surface area (Å²) in [5, 5.41) is 9.25. The topological polar surface area (TPSA) is 33.1 Å². The van der Waals surface area contributed by atoms with Crippen molar-refractivity contribution in [1.82, 2.24) is 4.98 Å². The van der Waals surface area contributed by atoms with Crippen LogP contribution in [0.25, 0.3) is 0 Å². The van der Waals surface area contributed by atoms with E-state index in [9.17, 15) is 4.39 Å². The summed E-state index contributed by atoms with van der Waals surface area (Å²) in [6.07, 6.45) is 2.21. The third-order valence-electron chi connectivity index (χ3n) is 1.62. The van der Waals surface area contributed by atoms with Crippen molar-refractivity contribution < 1.29 is 9.50 Å². The molecule has 1 atom stereocenters. The molecular formula is C9H11BrFNOS. The average molecular weight is 280 g/mol. The second-order valence-electron chi connectivity index (χ2n) is 2.88. The first-order valence-corrected chi connectivity index (χ1v) is 5.89. The Morgan fingerprint density at radius 2 is 2.43 bits per heavy atom. The molecule has 0 saturated heterocycles. The molecule has 0 aromatic carbocycles. The van der Waals surface area contributed by atoms with E-state index in [2.05, 4.69) is 20.9 Å². The summed E-state index contributed by atoms with van der Waals surface area (Å²) >= 11 is 4.48. The Morgan fingerprint density at radius 1 is 1.71 bits per heavy atom. The molecule has 1 N–H and O–H groups in total. The van der Waals surface area contributed by atoms with E-state index in [0.29, 0.717) is 15.9 Å². The Bertz CT molecular complexity index is 311. The molecule has 14 heavy (non-hydrogen) atoms. The predicted molar refractivity (Wildman–Crippen MR) is 58.9 cm³/mol. The summed E-state index contributed by atoms with van der Waals surface area (Å²) in [5.74, 6) is -0.325. The number of hydrogen-bond acceptors (Lipinski definition) is 3. The highest BCUT2D eigenvalue weighted by molar-refractivity contribution is 9.10. The van der Waals surface area contributed by atoms with Gasteiger partial charge in [-0.1, -0.05) is 6.92 Å². The second kappa shape index (κ2) is 5.68. The molecule has 0 aliphatic rings. The van der Waals surface area contributed by atoms with Crippen molar-refractivity contribution >= 4 is 27.7 Å². The van der Waals surface area contributed by atoms with Crippen molar-refractivity contribution in [3.63, 3.8) is 0 Å². The third kappa shape index (κ3) is 3.55. The van der Waals surface area contributed by atoms with Gasteiger partial charge in [-0.15, -0.1) is 11.8 Å². The van der Waals surface area contributed by atoms with E-state index in [0.717, 1.165) is 0 Å². The Labute approximate surface area is 95.1 Å². The van der Waals surface area contributed by atoms with Gasteiger partial charge in [0, 0.05) is 22.5 Å². The third-order valence-corrected chi connectivity index (χ3v) is 3.22. The number of pyridine rings is 1. The van der Waals surface area contributed by atoms with Crippen LogP contribution in [-0.4, -0.2) is 21.9 Å². The molecule has 1 aromatic heterocycles. The van der Waals surface area contributed by atoms with Gasteiger partial charge < -0.3 is 5.11 Å². The predicted octanol–water partition coefficient (Wildman–Crippen LogP) is 2.85. The molecule has 1 rings (SSSR count). The van der Waals surface area contributed by atoms with Crippen LogP contribution >= 0.6 is 27.7 Å². The van der Waals surface area contributed by atoms with Crippen molar-refractivity contribution in [1.29, 1.82) is 0 Å². The Morgan fingerprint density at radius 3 is 3.00 bits per heavy atom. The standard InChI is InChI=1S/C9H11BrFNOS/c1-6(2-3-13)14-9-8(11)4-7(10)5-12-9/h4-6,13H,2-3H2,1H3. The summed E-state index contributed by atoms with van der Waals surface area (Å²) in [6.45, 7) is 2.05. The van der Waals surface area contributed by atoms with Crippen molar-refractivity contribution in [2.45, 2.75) is 23.6 Å². The summed E-state index contributed by atoms with van der Waals surface area (Å²) in [5.41, 5.74) is 0. The van der Waals surface area contributed by atoms with E-state index in [1.54, 1.807) is 6.20 Å². The number of aromatic nitrogens is 1. The van der Waals surface area contributed by atoms with Crippen LogP contribution in [0.5, 0.6) is 0 Å². The maximum Gasteiger partial charge on any atom is 0.156 e. The van der Waals surface area contributed by atoms with Crippen LogP contribution in [0.3, 0.4) is 0 Å². The fraction of sp³-hybridized carbons (Fsp3) is 0.444. The maximum absolute atomic E-state index is 13.3. The minimum atomic E-state index is -0.325. The van der Waals surface area contributed by atoms with Crippen LogP contribution in [0.1, 0.15) is 13.3 Å². The SMILES string of the molecule is CC(CCO)Sc1ncc(Br)cc1F. The van der Waals surface area contributed by atoms with Crippen molar-refractivity contribution in [3.05, 3.63) is 22.6 Å². The molecule has 1 aromatic rings. The minimum absolute atomic E-state index is 0.117. The second-order valence-corrected chi connectivity index (χ2v) is 5.22. The van der Waals surface area contributed by atoms with E-state index < -0.39 is 0 Å². The first-order chi connectivity index (χ1) is 6.63. The van der Waals surface area contributed by atoms with E-state index >= 15 is 0 Å². The van der Waals surface area contributed by atoms with E-state index in [1.807, 2.05) is 6.92 Å². The molecule has 0 fully saturated rings. The molecule has 0 saturated carbocycles. The molecule has 0 amide bonds. The maximum atomic E-state index is 13.3. The lowest BCUT2D eigenvalue weighted by atomic mass is 10.3. The van der Waals surface area contributed by atoms with E-state index in [1.165, 1.54) is 17.8 Å². The van der Waals surface area contributed by atoms with Gasteiger partial charge in [0.15, 0.2) is 5.82 Å². The molecule has 0 bridgehead atoms. The van der Waals surface area contributed by atoms with Crippen molar-refractivity contribution in [2.24, 2.45) is 0 Å². The van der Waals surface area contributed by atoms with Crippen LogP contribution in [-0.2, 0) is 0 Å². The molecule has 2 nitrogen and oxygen atoms in total. The number of halogens is 2. The van der Waals surface area contributed by atoms with Crippen LogP contribution in [0.2, 0.25) is 0 Å². The highest BCUT2D eigenvalue weighted by atomic mass is 79.9. The van der Waals surface area contributed by atoms with Gasteiger partial charge in [0.1, 0.15) is 5.03 Å². The number of rotatable bonds is 4. The Hall–Kier alpha value is -0.130. The summed E-state index contributed by atoms with van der Waals surface area (Å²) in [6, 6.07) is 1.39. The zero-order chi connectivity index (χ0) is 10.6. The molecule has 1 unspecified atom stereocenters. The number of thioether (sulfide) groups is 1. The highest BCUT2D eigenvalue weighted by Crippen LogP contribution is 2.26. The normalized spacial score (nSPS) is 12.9. The van der Waals surface area contributed by atoms with Crippen molar-refractivity contribution in [3.8, 4) is 0 Å². The Balaban J connectivity index is 2.67. The molecule has 0 aliphatic heterocycles. The molecular weight excluding hydrogens is 269 g/mol. The molecule has 0 radical (unpaired) electrons. The molecule has 5 heteroatoms. The summed E-state index contributed by atoms with van der Waals surface area (Å²) in [4.78, 5) is 3.96. The number of nitrogens with zero attached hydrogens (tertiary/aromatic N) is 1. The van der Waals surface area contributed by atoms with E-state index in [-0.39, 0.29) is 17.7 Å². The lowest BCUT2D eigenvalue weighted by molar-refractivity contribution is 0.289. The van der Waals surface area contributed by atoms with Crippen LogP contribution < -0.4 is 0 Å². The lowest BCUT2D eigenvalue weighted by Crippen LogP contribution is -2.00. The fourth-order valence-corrected chi connectivity index (χ4v) is 2.11. The van der Waals surface area contributed by atoms with Gasteiger partial charge in [0.25, 0.3) is 0 Å². The van der Waals surface area contributed by atoms with Crippen LogP contribution in [0, 0.1) is 5.82 Å². The molecule has 0 spiro atoms. The van der Waals surface area contributed by atoms with Gasteiger partial charge in [0.05, 0.1) is 0 Å². The van der Waals surface area contributed by atoms with Crippen LogP contribution in [0.4, 0.5) is 4.39 Å². The zero-order valence-electron chi connectivity index (χ0n) is 7.70. The van der Waals surface area contributed by atoms with Crippen molar-refractivity contribution in [2.75, 3.05) is 6.61 Å². The minimum Gasteiger partial charge on any atom is -0.396 e. The van der Waals surface area contributed by atoms with Gasteiger partial charge in [-0.05, 0) is 28.4 Å². The molecule has 1 heterocycles. The van der Waals surface area contributed by atoms with Gasteiger partial charge in [-0.3, -0.25) is 0 Å². The summed E-state index contributed by atoms with van der Waals surface area (Å²) in [7, 11) is 0. The quantitative estimate of drug-likeness (QED) is 0.861.